The number of nitrogens with one attached hydrogen (secondary N) is 2. The Morgan fingerprint density at radius 1 is 1.24 bits per heavy atom. The van der Waals surface area contributed by atoms with Crippen LogP contribution in [0.5, 0.6) is 5.75 Å². The lowest BCUT2D eigenvalue weighted by atomic mass is 9.96. The second-order valence-electron chi connectivity index (χ2n) is 10.4. The van der Waals surface area contributed by atoms with Crippen molar-refractivity contribution >= 4 is 11.9 Å². The van der Waals surface area contributed by atoms with Crippen LogP contribution < -0.4 is 10.1 Å². The quantitative estimate of drug-likeness (QED) is 0.325. The summed E-state index contributed by atoms with van der Waals surface area (Å²) < 4.78 is 68.3. The maximum Gasteiger partial charge on any atom is 0.435 e. The number of amides is 1. The van der Waals surface area contributed by atoms with Gasteiger partial charge >= 0.3 is 6.18 Å². The molecule has 2 aromatic carbocycles. The molecule has 2 N–H and O–H groups in total. The molecule has 1 aliphatic carbocycles. The van der Waals surface area contributed by atoms with E-state index in [1.54, 1.807) is 43.0 Å². The number of benzene rings is 2. The van der Waals surface area contributed by atoms with Crippen LogP contribution in [0.1, 0.15) is 58.5 Å². The van der Waals surface area contributed by atoms with Gasteiger partial charge in [0.1, 0.15) is 18.2 Å². The maximum atomic E-state index is 14.0. The third kappa shape index (κ3) is 6.01. The molecule has 1 amide bonds. The van der Waals surface area contributed by atoms with Gasteiger partial charge in [0, 0.05) is 30.9 Å². The van der Waals surface area contributed by atoms with E-state index in [-0.39, 0.29) is 53.3 Å². The number of amidine groups is 1. The van der Waals surface area contributed by atoms with Gasteiger partial charge in [-0.3, -0.25) is 14.9 Å². The number of carbonyl (C=O) groups excluding carboxylic acids is 1. The molecule has 5 rings (SSSR count). The molecule has 8 nitrogen and oxygen atoms in total. The van der Waals surface area contributed by atoms with E-state index in [0.717, 1.165) is 23.1 Å². The summed E-state index contributed by atoms with van der Waals surface area (Å²) in [5, 5.41) is 14.7. The first-order valence-electron chi connectivity index (χ1n) is 13.4. The van der Waals surface area contributed by atoms with Crippen molar-refractivity contribution < 1.29 is 31.8 Å². The van der Waals surface area contributed by atoms with Gasteiger partial charge in [0.15, 0.2) is 5.69 Å². The van der Waals surface area contributed by atoms with E-state index in [1.165, 1.54) is 19.3 Å². The maximum absolute atomic E-state index is 14.0. The minimum absolute atomic E-state index is 0.00447. The van der Waals surface area contributed by atoms with Gasteiger partial charge in [-0.25, -0.2) is 4.39 Å². The molecular formula is C29H31F4N5O3. The second kappa shape index (κ2) is 11.1. The fourth-order valence-electron chi connectivity index (χ4n) is 5.14. The van der Waals surface area contributed by atoms with Crippen molar-refractivity contribution in [3.63, 3.8) is 0 Å². The first-order valence-corrected chi connectivity index (χ1v) is 13.4. The highest BCUT2D eigenvalue weighted by molar-refractivity contribution is 6.00. The van der Waals surface area contributed by atoms with E-state index in [1.807, 2.05) is 0 Å². The Bertz CT molecular complexity index is 1480. The highest BCUT2D eigenvalue weighted by atomic mass is 19.4. The molecular weight excluding hydrogens is 542 g/mol. The first kappa shape index (κ1) is 28.4. The van der Waals surface area contributed by atoms with Crippen molar-refractivity contribution in [3.05, 3.63) is 70.3 Å². The van der Waals surface area contributed by atoms with Crippen LogP contribution in [0.15, 0.2) is 36.5 Å². The summed E-state index contributed by atoms with van der Waals surface area (Å²) in [4.78, 5) is 15.6. The third-order valence-corrected chi connectivity index (χ3v) is 7.25. The van der Waals surface area contributed by atoms with Gasteiger partial charge in [-0.2, -0.15) is 18.3 Å². The second-order valence-corrected chi connectivity index (χ2v) is 10.4. The Balaban J connectivity index is 1.62. The normalized spacial score (nSPS) is 16.1. The summed E-state index contributed by atoms with van der Waals surface area (Å²) in [6, 6.07) is 7.37. The summed E-state index contributed by atoms with van der Waals surface area (Å²) in [5.41, 5.74) is 0.520. The van der Waals surface area contributed by atoms with Crippen LogP contribution in [-0.2, 0) is 24.5 Å². The SMILES string of the molecule is CCOc1c(C(=O)N[C@H](c2ccc(F)c(C)c2)C2CC2)cc(CN2CCOC2=N)cc1-c1cn(C)nc1C(F)(F)F. The zero-order valence-electron chi connectivity index (χ0n) is 22.9. The summed E-state index contributed by atoms with van der Waals surface area (Å²) in [6.07, 6.45) is -1.73. The van der Waals surface area contributed by atoms with Gasteiger partial charge < -0.3 is 19.7 Å². The molecule has 2 fully saturated rings. The average Bonchev–Trinajstić information content (AvgIpc) is 3.56. The average molecular weight is 574 g/mol. The minimum atomic E-state index is -4.75. The molecule has 0 radical (unpaired) electrons. The molecule has 1 aromatic heterocycles. The molecule has 41 heavy (non-hydrogen) atoms. The van der Waals surface area contributed by atoms with E-state index in [2.05, 4.69) is 10.4 Å². The number of ether oxygens (including phenoxy) is 2. The zero-order chi connectivity index (χ0) is 29.5. The summed E-state index contributed by atoms with van der Waals surface area (Å²) in [5.74, 6) is -0.719. The van der Waals surface area contributed by atoms with Crippen LogP contribution in [0.25, 0.3) is 11.1 Å². The largest absolute Gasteiger partial charge is 0.492 e. The lowest BCUT2D eigenvalue weighted by Gasteiger charge is -2.23. The molecule has 2 aliphatic rings. The fraction of sp³-hybridized carbons (Fsp3) is 0.414. The molecule has 1 saturated carbocycles. The standard InChI is InChI=1S/C29H31F4N5O3/c1-4-40-25-20(22-15-37(3)36-26(22)29(31,32)33)12-17(14-38-9-10-41-28(38)34)13-21(25)27(39)35-24(18-5-6-18)19-7-8-23(30)16(2)11-19/h7-8,11-13,15,18,24,34H,4-6,9-10,14H2,1-3H3,(H,35,39)/t24-/m0/s1. The van der Waals surface area contributed by atoms with Crippen LogP contribution in [0.4, 0.5) is 17.6 Å². The van der Waals surface area contributed by atoms with Crippen molar-refractivity contribution in [1.82, 2.24) is 20.0 Å². The van der Waals surface area contributed by atoms with E-state index >= 15 is 0 Å². The molecule has 218 valence electrons. The number of hydrogen-bond acceptors (Lipinski definition) is 5. The van der Waals surface area contributed by atoms with Crippen LogP contribution in [0, 0.1) is 24.1 Å². The Labute approximate surface area is 234 Å². The highest BCUT2D eigenvalue weighted by Crippen LogP contribution is 2.44. The lowest BCUT2D eigenvalue weighted by Crippen LogP contribution is -2.31. The number of alkyl halides is 3. The Morgan fingerprint density at radius 3 is 2.61 bits per heavy atom. The van der Waals surface area contributed by atoms with Crippen molar-refractivity contribution in [2.45, 2.75) is 45.5 Å². The Kier molecular flexibility index (Phi) is 7.67. The zero-order valence-corrected chi connectivity index (χ0v) is 22.9. The van der Waals surface area contributed by atoms with Gasteiger partial charge in [-0.1, -0.05) is 12.1 Å². The predicted octanol–water partition coefficient (Wildman–Crippen LogP) is 5.60. The van der Waals surface area contributed by atoms with Gasteiger partial charge in [-0.05, 0) is 67.5 Å². The number of carbonyl (C=O) groups is 1. The summed E-state index contributed by atoms with van der Waals surface area (Å²) in [7, 11) is 1.39. The molecule has 1 saturated heterocycles. The topological polar surface area (TPSA) is 92.5 Å². The van der Waals surface area contributed by atoms with E-state index in [9.17, 15) is 22.4 Å². The number of aromatic nitrogens is 2. The molecule has 1 atom stereocenters. The smallest absolute Gasteiger partial charge is 0.435 e. The van der Waals surface area contributed by atoms with Crippen molar-refractivity contribution in [2.75, 3.05) is 19.8 Å². The lowest BCUT2D eigenvalue weighted by molar-refractivity contribution is -0.141. The number of halogens is 4. The van der Waals surface area contributed by atoms with Gasteiger partial charge in [-0.15, -0.1) is 0 Å². The molecule has 3 aromatic rings. The molecule has 0 unspecified atom stereocenters. The van der Waals surface area contributed by atoms with Crippen molar-refractivity contribution in [2.24, 2.45) is 13.0 Å². The van der Waals surface area contributed by atoms with Crippen molar-refractivity contribution in [1.29, 1.82) is 5.41 Å². The van der Waals surface area contributed by atoms with Crippen LogP contribution >= 0.6 is 0 Å². The number of rotatable bonds is 9. The molecule has 0 spiro atoms. The van der Waals surface area contributed by atoms with Crippen molar-refractivity contribution in [3.8, 4) is 16.9 Å². The van der Waals surface area contributed by atoms with Gasteiger partial charge in [0.2, 0.25) is 0 Å². The fourth-order valence-corrected chi connectivity index (χ4v) is 5.14. The van der Waals surface area contributed by atoms with E-state index in [4.69, 9.17) is 14.9 Å². The molecule has 1 aliphatic heterocycles. The summed E-state index contributed by atoms with van der Waals surface area (Å²) >= 11 is 0. The number of nitrogens with zero attached hydrogens (tertiary/aromatic N) is 3. The van der Waals surface area contributed by atoms with E-state index < -0.39 is 23.8 Å². The first-order chi connectivity index (χ1) is 19.5. The number of aryl methyl sites for hydroxylation is 2. The van der Waals surface area contributed by atoms with Crippen LogP contribution in [-0.4, -0.2) is 46.4 Å². The van der Waals surface area contributed by atoms with Crippen LogP contribution in [0.3, 0.4) is 0 Å². The van der Waals surface area contributed by atoms with Gasteiger partial charge in [0.05, 0.1) is 24.8 Å². The third-order valence-electron chi connectivity index (χ3n) is 7.25. The molecule has 2 heterocycles. The highest BCUT2D eigenvalue weighted by Gasteiger charge is 2.39. The predicted molar refractivity (Wildman–Crippen MR) is 143 cm³/mol. The molecule has 12 heteroatoms. The molecule has 0 bridgehead atoms. The Hall–Kier alpha value is -4.09. The Morgan fingerprint density at radius 2 is 2.00 bits per heavy atom. The summed E-state index contributed by atoms with van der Waals surface area (Å²) in [6.45, 7) is 4.32. The minimum Gasteiger partial charge on any atom is -0.492 e. The number of hydrogen-bond donors (Lipinski definition) is 2. The van der Waals surface area contributed by atoms with E-state index in [0.29, 0.717) is 24.3 Å². The van der Waals surface area contributed by atoms with Crippen LogP contribution in [0.2, 0.25) is 0 Å². The monoisotopic (exact) mass is 573 g/mol. The van der Waals surface area contributed by atoms with Gasteiger partial charge in [0.25, 0.3) is 11.9 Å².